The zero-order valence-corrected chi connectivity index (χ0v) is 11.4. The van der Waals surface area contributed by atoms with Gasteiger partial charge in [-0.25, -0.2) is 4.98 Å². The number of aromatic amines is 1. The monoisotopic (exact) mass is 281 g/mol. The molecule has 3 aromatic rings. The lowest BCUT2D eigenvalue weighted by molar-refractivity contribution is 0.839. The summed E-state index contributed by atoms with van der Waals surface area (Å²) in [4.78, 5) is 21.3. The van der Waals surface area contributed by atoms with Crippen molar-refractivity contribution in [1.82, 2.24) is 19.6 Å². The third-order valence-corrected chi connectivity index (χ3v) is 3.83. The number of nitrogens with two attached hydrogens (primary N) is 1. The molecule has 1 aromatic carbocycles. The lowest BCUT2D eigenvalue weighted by atomic mass is 10.0. The number of fused-ring (bicyclic) bond motifs is 1. The molecule has 0 atom stereocenters. The molecular formula is C15H15N5O. The first-order chi connectivity index (χ1) is 10.2. The van der Waals surface area contributed by atoms with Crippen molar-refractivity contribution < 1.29 is 0 Å². The first kappa shape index (κ1) is 12.1. The molecule has 21 heavy (non-hydrogen) atoms. The lowest BCUT2D eigenvalue weighted by Gasteiger charge is -2.07. The summed E-state index contributed by atoms with van der Waals surface area (Å²) in [6, 6.07) is 9.96. The molecule has 4 rings (SSSR count). The summed E-state index contributed by atoms with van der Waals surface area (Å²) in [6.45, 7) is 0. The van der Waals surface area contributed by atoms with Crippen LogP contribution in [0, 0.1) is 0 Å². The van der Waals surface area contributed by atoms with E-state index in [0.29, 0.717) is 18.1 Å². The van der Waals surface area contributed by atoms with E-state index in [0.717, 1.165) is 29.7 Å². The Bertz CT molecular complexity index is 861. The first-order valence-corrected chi connectivity index (χ1v) is 7.03. The number of nitrogen functional groups attached to an aromatic ring is 1. The number of aromatic nitrogens is 4. The average molecular weight is 281 g/mol. The SMILES string of the molecule is Nc1nc2nc(C3CC3)c(Cc3ccccc3)c(=O)n2[nH]1. The van der Waals surface area contributed by atoms with E-state index in [1.807, 2.05) is 30.3 Å². The van der Waals surface area contributed by atoms with E-state index in [-0.39, 0.29) is 11.5 Å². The highest BCUT2D eigenvalue weighted by molar-refractivity contribution is 5.40. The van der Waals surface area contributed by atoms with Gasteiger partial charge in [-0.1, -0.05) is 30.3 Å². The van der Waals surface area contributed by atoms with E-state index >= 15 is 0 Å². The van der Waals surface area contributed by atoms with E-state index in [2.05, 4.69) is 15.1 Å². The van der Waals surface area contributed by atoms with Crippen LogP contribution in [0.1, 0.15) is 35.6 Å². The van der Waals surface area contributed by atoms with Crippen molar-refractivity contribution in [2.75, 3.05) is 5.73 Å². The van der Waals surface area contributed by atoms with Crippen LogP contribution >= 0.6 is 0 Å². The zero-order chi connectivity index (χ0) is 14.4. The summed E-state index contributed by atoms with van der Waals surface area (Å²) >= 11 is 0. The second kappa shape index (κ2) is 4.44. The van der Waals surface area contributed by atoms with Crippen LogP contribution in [0.4, 0.5) is 5.95 Å². The molecule has 0 bridgehead atoms. The highest BCUT2D eigenvalue weighted by atomic mass is 16.1. The van der Waals surface area contributed by atoms with Crippen molar-refractivity contribution in [3.8, 4) is 0 Å². The minimum atomic E-state index is -0.102. The molecule has 1 aliphatic carbocycles. The van der Waals surface area contributed by atoms with Crippen molar-refractivity contribution in [3.63, 3.8) is 0 Å². The van der Waals surface area contributed by atoms with E-state index in [1.54, 1.807) is 0 Å². The number of benzene rings is 1. The largest absolute Gasteiger partial charge is 0.368 e. The number of hydrogen-bond donors (Lipinski definition) is 2. The van der Waals surface area contributed by atoms with Gasteiger partial charge in [0.05, 0.1) is 5.69 Å². The molecule has 0 unspecified atom stereocenters. The number of hydrogen-bond acceptors (Lipinski definition) is 4. The average Bonchev–Trinajstić information content (AvgIpc) is 3.25. The van der Waals surface area contributed by atoms with E-state index in [9.17, 15) is 4.79 Å². The molecule has 0 amide bonds. The number of H-pyrrole nitrogens is 1. The molecule has 1 saturated carbocycles. The number of rotatable bonds is 3. The molecule has 0 spiro atoms. The van der Waals surface area contributed by atoms with Crippen LogP contribution in [-0.2, 0) is 6.42 Å². The molecule has 3 N–H and O–H groups in total. The smallest absolute Gasteiger partial charge is 0.277 e. The quantitative estimate of drug-likeness (QED) is 0.760. The van der Waals surface area contributed by atoms with Crippen LogP contribution in [0.5, 0.6) is 0 Å². The molecule has 6 heteroatoms. The Morgan fingerprint density at radius 2 is 2.00 bits per heavy atom. The predicted molar refractivity (Wildman–Crippen MR) is 79.2 cm³/mol. The lowest BCUT2D eigenvalue weighted by Crippen LogP contribution is -2.23. The Hall–Kier alpha value is -2.63. The Morgan fingerprint density at radius 1 is 1.24 bits per heavy atom. The maximum Gasteiger partial charge on any atom is 0.277 e. The van der Waals surface area contributed by atoms with Gasteiger partial charge in [0.1, 0.15) is 0 Å². The summed E-state index contributed by atoms with van der Waals surface area (Å²) in [5.41, 5.74) is 8.26. The van der Waals surface area contributed by atoms with Gasteiger partial charge in [0, 0.05) is 17.9 Å². The standard InChI is InChI=1S/C15H15N5O/c16-14-18-15-17-12(10-6-7-10)11(13(21)20(15)19-14)8-9-4-2-1-3-5-9/h1-5,10H,6-8H2,(H3,16,17,18,19). The number of anilines is 1. The maximum absolute atomic E-state index is 12.7. The summed E-state index contributed by atoms with van der Waals surface area (Å²) in [5, 5.41) is 2.75. The van der Waals surface area contributed by atoms with E-state index < -0.39 is 0 Å². The third-order valence-electron chi connectivity index (χ3n) is 3.83. The number of nitrogens with one attached hydrogen (secondary N) is 1. The second-order valence-electron chi connectivity index (χ2n) is 5.46. The van der Waals surface area contributed by atoms with Crippen molar-refractivity contribution >= 4 is 11.7 Å². The van der Waals surface area contributed by atoms with Gasteiger partial charge in [0.15, 0.2) is 0 Å². The molecule has 0 saturated heterocycles. The first-order valence-electron chi connectivity index (χ1n) is 7.03. The van der Waals surface area contributed by atoms with Gasteiger partial charge in [0.2, 0.25) is 5.95 Å². The summed E-state index contributed by atoms with van der Waals surface area (Å²) in [6.07, 6.45) is 2.76. The van der Waals surface area contributed by atoms with Gasteiger partial charge in [-0.2, -0.15) is 9.50 Å². The van der Waals surface area contributed by atoms with Crippen molar-refractivity contribution in [2.45, 2.75) is 25.2 Å². The normalized spacial score (nSPS) is 14.7. The summed E-state index contributed by atoms with van der Waals surface area (Å²) < 4.78 is 1.33. The fourth-order valence-corrected chi connectivity index (χ4v) is 2.64. The van der Waals surface area contributed by atoms with Gasteiger partial charge in [-0.3, -0.25) is 9.89 Å². The highest BCUT2D eigenvalue weighted by Crippen LogP contribution is 2.40. The minimum absolute atomic E-state index is 0.102. The van der Waals surface area contributed by atoms with Crippen molar-refractivity contribution in [3.05, 3.63) is 57.5 Å². The van der Waals surface area contributed by atoms with Gasteiger partial charge >= 0.3 is 0 Å². The third kappa shape index (κ3) is 2.08. The molecular weight excluding hydrogens is 266 g/mol. The van der Waals surface area contributed by atoms with Crippen LogP contribution < -0.4 is 11.3 Å². The highest BCUT2D eigenvalue weighted by Gasteiger charge is 2.30. The van der Waals surface area contributed by atoms with Gasteiger partial charge in [-0.15, -0.1) is 0 Å². The maximum atomic E-state index is 12.7. The topological polar surface area (TPSA) is 89.1 Å². The van der Waals surface area contributed by atoms with E-state index in [4.69, 9.17) is 5.73 Å². The van der Waals surface area contributed by atoms with Crippen molar-refractivity contribution in [2.24, 2.45) is 0 Å². The predicted octanol–water partition coefficient (Wildman–Crippen LogP) is 1.47. The molecule has 2 heterocycles. The van der Waals surface area contributed by atoms with Crippen LogP contribution in [0.2, 0.25) is 0 Å². The Kier molecular flexibility index (Phi) is 2.57. The van der Waals surface area contributed by atoms with Crippen LogP contribution in [0.3, 0.4) is 0 Å². The molecule has 0 radical (unpaired) electrons. The molecule has 106 valence electrons. The number of nitrogens with zero attached hydrogens (tertiary/aromatic N) is 3. The Balaban J connectivity index is 1.91. The van der Waals surface area contributed by atoms with Gasteiger partial charge in [0.25, 0.3) is 11.3 Å². The Morgan fingerprint density at radius 3 is 2.71 bits per heavy atom. The summed E-state index contributed by atoms with van der Waals surface area (Å²) in [7, 11) is 0. The molecule has 1 aliphatic rings. The van der Waals surface area contributed by atoms with Crippen LogP contribution in [0.15, 0.2) is 35.1 Å². The van der Waals surface area contributed by atoms with Crippen molar-refractivity contribution in [1.29, 1.82) is 0 Å². The van der Waals surface area contributed by atoms with Crippen LogP contribution in [-0.4, -0.2) is 19.6 Å². The Labute approximate surface area is 120 Å². The second-order valence-corrected chi connectivity index (χ2v) is 5.46. The molecule has 0 aliphatic heterocycles. The van der Waals surface area contributed by atoms with Gasteiger partial charge in [-0.05, 0) is 18.4 Å². The van der Waals surface area contributed by atoms with E-state index in [1.165, 1.54) is 4.52 Å². The van der Waals surface area contributed by atoms with Crippen LogP contribution in [0.25, 0.3) is 5.78 Å². The fraction of sp³-hybridized carbons (Fsp3) is 0.267. The zero-order valence-electron chi connectivity index (χ0n) is 11.4. The van der Waals surface area contributed by atoms with Gasteiger partial charge < -0.3 is 5.73 Å². The summed E-state index contributed by atoms with van der Waals surface area (Å²) in [5.74, 6) is 0.953. The fourth-order valence-electron chi connectivity index (χ4n) is 2.64. The molecule has 2 aromatic heterocycles. The minimum Gasteiger partial charge on any atom is -0.368 e. The molecule has 1 fully saturated rings. The molecule has 6 nitrogen and oxygen atoms in total.